The molecule has 1 saturated heterocycles. The fraction of sp³-hybridized carbons (Fsp3) is 0.476. The van der Waals surface area contributed by atoms with Gasteiger partial charge in [0.15, 0.2) is 0 Å². The summed E-state index contributed by atoms with van der Waals surface area (Å²) < 4.78 is 7.01. The topological polar surface area (TPSA) is 76.5 Å². The molecule has 3 rings (SSSR count). The largest absolute Gasteiger partial charge is 0.492 e. The number of nitrogens with one attached hydrogen (secondary N) is 1. The minimum absolute atomic E-state index is 0.0153. The molecule has 0 bridgehead atoms. The standard InChI is InChI=1S/C21H28N4O3/c1-3-25-21(27)13-17(14-22-25)24-11-7-8-16(15-24)12-20(26)23-18-9-5-6-10-19(18)28-4-2/h5-6,9-10,13-14,16H,3-4,7-8,11-12,15H2,1-2H3,(H,23,26). The fourth-order valence-corrected chi connectivity index (χ4v) is 3.62. The van der Waals surface area contributed by atoms with E-state index in [2.05, 4.69) is 15.3 Å². The number of aromatic nitrogens is 2. The Labute approximate surface area is 165 Å². The smallest absolute Gasteiger partial charge is 0.268 e. The molecule has 150 valence electrons. The summed E-state index contributed by atoms with van der Waals surface area (Å²) in [4.78, 5) is 26.8. The van der Waals surface area contributed by atoms with Crippen molar-refractivity contribution in [3.8, 4) is 5.75 Å². The van der Waals surface area contributed by atoms with Gasteiger partial charge < -0.3 is 15.0 Å². The van der Waals surface area contributed by atoms with Crippen molar-refractivity contribution in [3.05, 3.63) is 46.9 Å². The van der Waals surface area contributed by atoms with Crippen molar-refractivity contribution >= 4 is 17.3 Å². The van der Waals surface area contributed by atoms with Gasteiger partial charge in [0.05, 0.1) is 24.2 Å². The lowest BCUT2D eigenvalue weighted by atomic mass is 9.94. The molecule has 1 aliphatic heterocycles. The molecule has 7 nitrogen and oxygen atoms in total. The third-order valence-electron chi connectivity index (χ3n) is 4.97. The number of aryl methyl sites for hydroxylation is 1. The number of benzene rings is 1. The van der Waals surface area contributed by atoms with Crippen LogP contribution in [0.25, 0.3) is 0 Å². The van der Waals surface area contributed by atoms with Crippen LogP contribution >= 0.6 is 0 Å². The quantitative estimate of drug-likeness (QED) is 0.794. The Hall–Kier alpha value is -2.83. The Morgan fingerprint density at radius 2 is 2.14 bits per heavy atom. The third-order valence-corrected chi connectivity index (χ3v) is 4.97. The van der Waals surface area contributed by atoms with Gasteiger partial charge in [-0.1, -0.05) is 12.1 Å². The van der Waals surface area contributed by atoms with E-state index in [9.17, 15) is 9.59 Å². The summed E-state index contributed by atoms with van der Waals surface area (Å²) in [6.07, 6.45) is 4.17. The second kappa shape index (κ2) is 9.39. The molecule has 0 saturated carbocycles. The Morgan fingerprint density at radius 1 is 1.32 bits per heavy atom. The first-order valence-electron chi connectivity index (χ1n) is 9.94. The van der Waals surface area contributed by atoms with Crippen LogP contribution in [0.4, 0.5) is 11.4 Å². The summed E-state index contributed by atoms with van der Waals surface area (Å²) in [5, 5.41) is 7.18. The lowest BCUT2D eigenvalue weighted by Gasteiger charge is -2.34. The molecule has 1 amide bonds. The van der Waals surface area contributed by atoms with Crippen molar-refractivity contribution in [2.45, 2.75) is 39.7 Å². The molecule has 0 spiro atoms. The van der Waals surface area contributed by atoms with E-state index in [-0.39, 0.29) is 17.4 Å². The summed E-state index contributed by atoms with van der Waals surface area (Å²) in [5.74, 6) is 0.909. The maximum atomic E-state index is 12.6. The zero-order valence-corrected chi connectivity index (χ0v) is 16.6. The average Bonchev–Trinajstić information content (AvgIpc) is 2.70. The first-order valence-corrected chi connectivity index (χ1v) is 9.94. The fourth-order valence-electron chi connectivity index (χ4n) is 3.62. The molecule has 1 atom stereocenters. The molecule has 28 heavy (non-hydrogen) atoms. The van der Waals surface area contributed by atoms with Crippen LogP contribution in [0.5, 0.6) is 5.75 Å². The van der Waals surface area contributed by atoms with Crippen molar-refractivity contribution in [2.75, 3.05) is 29.9 Å². The highest BCUT2D eigenvalue weighted by molar-refractivity contribution is 5.92. The number of hydrogen-bond donors (Lipinski definition) is 1. The molecule has 1 aromatic carbocycles. The van der Waals surface area contributed by atoms with E-state index in [0.29, 0.717) is 31.0 Å². The van der Waals surface area contributed by atoms with Crippen molar-refractivity contribution in [2.24, 2.45) is 5.92 Å². The van der Waals surface area contributed by atoms with Gasteiger partial charge in [0, 0.05) is 32.1 Å². The van der Waals surface area contributed by atoms with Gasteiger partial charge in [-0.05, 0) is 44.7 Å². The van der Waals surface area contributed by atoms with E-state index in [1.54, 1.807) is 12.3 Å². The number of anilines is 2. The van der Waals surface area contributed by atoms with E-state index in [4.69, 9.17) is 4.74 Å². The third kappa shape index (κ3) is 4.91. The number of carbonyl (C=O) groups excluding carboxylic acids is 1. The van der Waals surface area contributed by atoms with E-state index < -0.39 is 0 Å². The van der Waals surface area contributed by atoms with Crippen molar-refractivity contribution in [3.63, 3.8) is 0 Å². The summed E-state index contributed by atoms with van der Waals surface area (Å²) in [6.45, 7) is 6.55. The normalized spacial score (nSPS) is 16.6. The average molecular weight is 384 g/mol. The van der Waals surface area contributed by atoms with Crippen molar-refractivity contribution in [1.82, 2.24) is 9.78 Å². The minimum Gasteiger partial charge on any atom is -0.492 e. The number of rotatable bonds is 7. The highest BCUT2D eigenvalue weighted by atomic mass is 16.5. The molecule has 1 aromatic heterocycles. The lowest BCUT2D eigenvalue weighted by molar-refractivity contribution is -0.117. The Kier molecular flexibility index (Phi) is 6.68. The Morgan fingerprint density at radius 3 is 2.89 bits per heavy atom. The molecule has 1 fully saturated rings. The Bertz CT molecular complexity index is 865. The highest BCUT2D eigenvalue weighted by Gasteiger charge is 2.23. The minimum atomic E-state index is -0.0904. The van der Waals surface area contributed by atoms with Gasteiger partial charge in [-0.3, -0.25) is 9.59 Å². The number of ether oxygens (including phenoxy) is 1. The predicted octanol–water partition coefficient (Wildman–Crippen LogP) is 2.91. The second-order valence-electron chi connectivity index (χ2n) is 7.00. The van der Waals surface area contributed by atoms with Crippen molar-refractivity contribution < 1.29 is 9.53 Å². The van der Waals surface area contributed by atoms with Gasteiger partial charge >= 0.3 is 0 Å². The van der Waals surface area contributed by atoms with Gasteiger partial charge in [-0.15, -0.1) is 0 Å². The van der Waals surface area contributed by atoms with Crippen LogP contribution in [0.15, 0.2) is 41.3 Å². The van der Waals surface area contributed by atoms with Gasteiger partial charge in [-0.2, -0.15) is 5.10 Å². The Balaban J connectivity index is 1.61. The maximum Gasteiger partial charge on any atom is 0.268 e. The highest BCUT2D eigenvalue weighted by Crippen LogP contribution is 2.27. The number of para-hydroxylation sites is 2. The van der Waals surface area contributed by atoms with E-state index in [1.165, 1.54) is 4.68 Å². The molecule has 2 heterocycles. The molecule has 7 heteroatoms. The molecule has 2 aromatic rings. The number of nitrogens with zero attached hydrogens (tertiary/aromatic N) is 3. The SMILES string of the molecule is CCOc1ccccc1NC(=O)CC1CCCN(c2cnn(CC)c(=O)c2)C1. The molecule has 0 radical (unpaired) electrons. The maximum absolute atomic E-state index is 12.6. The van der Waals surface area contributed by atoms with Crippen LogP contribution < -0.4 is 20.5 Å². The van der Waals surface area contributed by atoms with Crippen LogP contribution in [-0.2, 0) is 11.3 Å². The molecular weight excluding hydrogens is 356 g/mol. The zero-order valence-electron chi connectivity index (χ0n) is 16.6. The first kappa shape index (κ1) is 19.9. The molecule has 0 aliphatic carbocycles. The zero-order chi connectivity index (χ0) is 19.9. The summed E-state index contributed by atoms with van der Waals surface area (Å²) in [5.41, 5.74) is 1.45. The summed E-state index contributed by atoms with van der Waals surface area (Å²) >= 11 is 0. The van der Waals surface area contributed by atoms with Crippen LogP contribution in [0.3, 0.4) is 0 Å². The first-order chi connectivity index (χ1) is 13.6. The van der Waals surface area contributed by atoms with Crippen LogP contribution in [-0.4, -0.2) is 35.4 Å². The second-order valence-corrected chi connectivity index (χ2v) is 7.00. The number of hydrogen-bond acceptors (Lipinski definition) is 5. The van der Waals surface area contributed by atoms with Crippen LogP contribution in [0, 0.1) is 5.92 Å². The van der Waals surface area contributed by atoms with Crippen LogP contribution in [0.1, 0.15) is 33.1 Å². The summed E-state index contributed by atoms with van der Waals surface area (Å²) in [7, 11) is 0. The van der Waals surface area contributed by atoms with Crippen molar-refractivity contribution in [1.29, 1.82) is 0 Å². The van der Waals surface area contributed by atoms with Gasteiger partial charge in [0.1, 0.15) is 5.75 Å². The molecule has 1 unspecified atom stereocenters. The van der Waals surface area contributed by atoms with E-state index in [0.717, 1.165) is 31.6 Å². The van der Waals surface area contributed by atoms with Gasteiger partial charge in [0.2, 0.25) is 5.91 Å². The van der Waals surface area contributed by atoms with Gasteiger partial charge in [0.25, 0.3) is 5.56 Å². The number of carbonyl (C=O) groups is 1. The molecule has 1 N–H and O–H groups in total. The monoisotopic (exact) mass is 384 g/mol. The summed E-state index contributed by atoms with van der Waals surface area (Å²) in [6, 6.07) is 9.11. The lowest BCUT2D eigenvalue weighted by Crippen LogP contribution is -2.38. The molecular formula is C21H28N4O3. The predicted molar refractivity (Wildman–Crippen MR) is 110 cm³/mol. The number of piperidine rings is 1. The van der Waals surface area contributed by atoms with E-state index in [1.807, 2.05) is 38.1 Å². The number of amides is 1. The van der Waals surface area contributed by atoms with Gasteiger partial charge in [-0.25, -0.2) is 4.68 Å². The molecule has 1 aliphatic rings. The van der Waals surface area contributed by atoms with Crippen LogP contribution in [0.2, 0.25) is 0 Å². The van der Waals surface area contributed by atoms with E-state index >= 15 is 0 Å².